The number of carbonyl (C=O) groups is 1. The van der Waals surface area contributed by atoms with E-state index in [2.05, 4.69) is 4.99 Å². The average Bonchev–Trinajstić information content (AvgIpc) is 2.42. The summed E-state index contributed by atoms with van der Waals surface area (Å²) in [5.74, 6) is -4.46. The number of amidine groups is 1. The number of aliphatic imine (C=N–C) groups is 1. The number of rotatable bonds is 1. The van der Waals surface area contributed by atoms with Gasteiger partial charge in [-0.05, 0) is 44.4 Å². The first-order valence-electron chi connectivity index (χ1n) is 7.33. The van der Waals surface area contributed by atoms with Gasteiger partial charge in [-0.2, -0.15) is 8.78 Å². The normalized spacial score (nSPS) is 26.9. The minimum absolute atomic E-state index is 0.0137. The molecule has 1 atom stereocenters. The number of carboxylic acid groups (broad SMARTS) is 1. The van der Waals surface area contributed by atoms with Crippen molar-refractivity contribution < 1.29 is 27.8 Å². The summed E-state index contributed by atoms with van der Waals surface area (Å²) in [6, 6.07) is 2.74. The molecule has 24 heavy (non-hydrogen) atoms. The third-order valence-electron chi connectivity index (χ3n) is 4.69. The van der Waals surface area contributed by atoms with Gasteiger partial charge in [-0.15, -0.1) is 0 Å². The number of nitrogens with one attached hydrogen (secondary N) is 1. The monoisotopic (exact) mass is 343 g/mol. The second-order valence-corrected chi connectivity index (χ2v) is 6.18. The maximum absolute atomic E-state index is 15.2. The summed E-state index contributed by atoms with van der Waals surface area (Å²) < 4.78 is 49.9. The summed E-state index contributed by atoms with van der Waals surface area (Å²) in [4.78, 5) is 14.6. The van der Waals surface area contributed by atoms with Crippen LogP contribution in [0.4, 0.5) is 23.7 Å². The van der Waals surface area contributed by atoms with Crippen molar-refractivity contribution in [1.82, 2.24) is 5.32 Å². The van der Waals surface area contributed by atoms with Crippen molar-refractivity contribution in [3.05, 3.63) is 29.6 Å². The lowest BCUT2D eigenvalue weighted by atomic mass is 9.66. The Morgan fingerprint density at radius 3 is 2.62 bits per heavy atom. The molecule has 1 spiro atoms. The number of ether oxygens (including phenoxy) is 1. The number of hydrogen-bond acceptors (Lipinski definition) is 4. The van der Waals surface area contributed by atoms with E-state index >= 15 is 8.78 Å². The van der Waals surface area contributed by atoms with Crippen molar-refractivity contribution in [1.29, 1.82) is 0 Å². The first kappa shape index (κ1) is 16.4. The van der Waals surface area contributed by atoms with Gasteiger partial charge in [-0.1, -0.05) is 0 Å². The van der Waals surface area contributed by atoms with Crippen molar-refractivity contribution in [2.75, 3.05) is 5.73 Å². The molecule has 1 saturated carbocycles. The Morgan fingerprint density at radius 2 is 2.08 bits per heavy atom. The lowest BCUT2D eigenvalue weighted by Gasteiger charge is -2.54. The third-order valence-corrected chi connectivity index (χ3v) is 4.69. The summed E-state index contributed by atoms with van der Waals surface area (Å²) in [5.41, 5.74) is 1.02. The van der Waals surface area contributed by atoms with E-state index in [1.54, 1.807) is 0 Å². The molecule has 0 bridgehead atoms. The van der Waals surface area contributed by atoms with Gasteiger partial charge in [0, 0.05) is 11.3 Å². The number of nitrogen functional groups attached to an aromatic ring is 1. The minimum Gasteiger partial charge on any atom is -0.465 e. The third kappa shape index (κ3) is 2.10. The van der Waals surface area contributed by atoms with Crippen LogP contribution in [0.15, 0.2) is 23.2 Å². The molecular formula is C15H16F3N3O3. The highest BCUT2D eigenvalue weighted by atomic mass is 19.3. The van der Waals surface area contributed by atoms with Gasteiger partial charge < -0.3 is 15.6 Å². The first-order chi connectivity index (χ1) is 11.1. The van der Waals surface area contributed by atoms with Crippen LogP contribution in [0.1, 0.15) is 31.7 Å². The quantitative estimate of drug-likeness (QED) is 0.683. The molecule has 3 rings (SSSR count). The molecule has 1 unspecified atom stereocenters. The van der Waals surface area contributed by atoms with Crippen molar-refractivity contribution >= 4 is 17.8 Å². The van der Waals surface area contributed by atoms with E-state index in [0.29, 0.717) is 6.42 Å². The highest BCUT2D eigenvalue weighted by molar-refractivity contribution is 5.90. The summed E-state index contributed by atoms with van der Waals surface area (Å²) >= 11 is 0. The van der Waals surface area contributed by atoms with Gasteiger partial charge in [0.15, 0.2) is 11.1 Å². The predicted molar refractivity (Wildman–Crippen MR) is 79.4 cm³/mol. The smallest absolute Gasteiger partial charge is 0.412 e. The van der Waals surface area contributed by atoms with Crippen molar-refractivity contribution in [2.24, 2.45) is 4.99 Å². The Balaban J connectivity index is 2.20. The molecule has 1 amide bonds. The molecule has 130 valence electrons. The topological polar surface area (TPSA) is 96.9 Å². The molecule has 1 aliphatic carbocycles. The Labute approximate surface area is 135 Å². The lowest BCUT2D eigenvalue weighted by molar-refractivity contribution is -0.253. The number of alkyl halides is 2. The number of nitrogens with zero attached hydrogens (tertiary/aromatic N) is 1. The van der Waals surface area contributed by atoms with E-state index in [9.17, 15) is 9.18 Å². The Kier molecular flexibility index (Phi) is 3.43. The molecule has 4 N–H and O–H groups in total. The number of nitrogens with two attached hydrogens (primary N) is 1. The van der Waals surface area contributed by atoms with Gasteiger partial charge in [0.2, 0.25) is 0 Å². The number of halogens is 3. The van der Waals surface area contributed by atoms with E-state index in [4.69, 9.17) is 15.6 Å². The Bertz CT molecular complexity index is 734. The second kappa shape index (κ2) is 5.02. The van der Waals surface area contributed by atoms with Gasteiger partial charge in [-0.25, -0.2) is 19.5 Å². The summed E-state index contributed by atoms with van der Waals surface area (Å²) in [5, 5.41) is 10.7. The van der Waals surface area contributed by atoms with Crippen LogP contribution in [0.5, 0.6) is 0 Å². The van der Waals surface area contributed by atoms with Crippen LogP contribution in [-0.4, -0.2) is 28.7 Å². The highest BCUT2D eigenvalue weighted by Gasteiger charge is 2.72. The number of hydrogen-bond donors (Lipinski definition) is 3. The first-order valence-corrected chi connectivity index (χ1v) is 7.33. The molecule has 0 saturated heterocycles. The Morgan fingerprint density at radius 1 is 1.42 bits per heavy atom. The largest absolute Gasteiger partial charge is 0.465 e. The van der Waals surface area contributed by atoms with E-state index < -0.39 is 40.6 Å². The van der Waals surface area contributed by atoms with E-state index in [0.717, 1.165) is 19.1 Å². The highest BCUT2D eigenvalue weighted by Crippen LogP contribution is 2.58. The summed E-state index contributed by atoms with van der Waals surface area (Å²) in [6.45, 7) is 1.05. The fourth-order valence-electron chi connectivity index (χ4n) is 3.19. The number of amides is 1. The average molecular weight is 343 g/mol. The van der Waals surface area contributed by atoms with Crippen LogP contribution < -0.4 is 11.1 Å². The van der Waals surface area contributed by atoms with Crippen LogP contribution in [0.25, 0.3) is 0 Å². The van der Waals surface area contributed by atoms with Gasteiger partial charge >= 0.3 is 12.0 Å². The lowest BCUT2D eigenvalue weighted by Crippen LogP contribution is -2.68. The number of anilines is 1. The molecule has 1 aromatic rings. The molecular weight excluding hydrogens is 327 g/mol. The molecule has 1 heterocycles. The zero-order chi connectivity index (χ0) is 17.8. The van der Waals surface area contributed by atoms with Gasteiger partial charge in [-0.3, -0.25) is 0 Å². The molecule has 1 aromatic carbocycles. The zero-order valence-electron chi connectivity index (χ0n) is 12.8. The van der Waals surface area contributed by atoms with Gasteiger partial charge in [0.05, 0.1) is 0 Å². The SMILES string of the molecule is CC1(c2cc(N)ccc2F)N=C(NC(=O)O)OC2(CCC2)C1(F)F. The zero-order valence-corrected chi connectivity index (χ0v) is 12.8. The van der Waals surface area contributed by atoms with Crippen LogP contribution >= 0.6 is 0 Å². The molecule has 6 nitrogen and oxygen atoms in total. The summed E-state index contributed by atoms with van der Waals surface area (Å²) in [7, 11) is 0. The minimum atomic E-state index is -3.56. The van der Waals surface area contributed by atoms with Crippen molar-refractivity contribution in [2.45, 2.75) is 43.2 Å². The maximum Gasteiger partial charge on any atom is 0.412 e. The Hall–Kier alpha value is -2.45. The van der Waals surface area contributed by atoms with E-state index in [-0.39, 0.29) is 18.5 Å². The van der Waals surface area contributed by atoms with Gasteiger partial charge in [0.25, 0.3) is 6.02 Å². The maximum atomic E-state index is 15.2. The molecule has 0 aromatic heterocycles. The molecule has 0 radical (unpaired) electrons. The van der Waals surface area contributed by atoms with Crippen molar-refractivity contribution in [3.8, 4) is 0 Å². The summed E-state index contributed by atoms with van der Waals surface area (Å²) in [6.07, 6.45) is -0.991. The fourth-order valence-corrected chi connectivity index (χ4v) is 3.19. The molecule has 1 aliphatic heterocycles. The van der Waals surface area contributed by atoms with Crippen molar-refractivity contribution in [3.63, 3.8) is 0 Å². The van der Waals surface area contributed by atoms with E-state index in [1.165, 1.54) is 6.07 Å². The van der Waals surface area contributed by atoms with E-state index in [1.807, 2.05) is 5.32 Å². The van der Waals surface area contributed by atoms with Crippen LogP contribution in [0.2, 0.25) is 0 Å². The fraction of sp³-hybridized carbons (Fsp3) is 0.467. The second-order valence-electron chi connectivity index (χ2n) is 6.18. The predicted octanol–water partition coefficient (Wildman–Crippen LogP) is 2.83. The van der Waals surface area contributed by atoms with Crippen LogP contribution in [0, 0.1) is 5.82 Å². The van der Waals surface area contributed by atoms with Crippen LogP contribution in [0.3, 0.4) is 0 Å². The molecule has 9 heteroatoms. The van der Waals surface area contributed by atoms with Crippen LogP contribution in [-0.2, 0) is 10.3 Å². The molecule has 1 fully saturated rings. The number of benzene rings is 1. The standard InChI is InChI=1S/C15H16F3N3O3/c1-13(9-7-8(19)3-4-10(9)16)15(17,18)14(5-2-6-14)24-11(21-13)20-12(22)23/h3-4,7H,2,5-6,19H2,1H3,(H,20,21)(H,22,23). The molecule has 2 aliphatic rings. The van der Waals surface area contributed by atoms with Gasteiger partial charge in [0.1, 0.15) is 5.82 Å².